The average Bonchev–Trinajstić information content (AvgIpc) is 0.903. The van der Waals surface area contributed by atoms with Gasteiger partial charge in [0.15, 0.2) is 28.6 Å². The number of hydrogen-bond donors (Lipinski definition) is 5. The molecule has 0 heterocycles. The van der Waals surface area contributed by atoms with Gasteiger partial charge in [0, 0.05) is 52.4 Å². The van der Waals surface area contributed by atoms with Crippen molar-refractivity contribution >= 4 is 29.6 Å². The Morgan fingerprint density at radius 3 is 1.01 bits per heavy atom. The van der Waals surface area contributed by atoms with Gasteiger partial charge >= 0.3 is 5.97 Å². The van der Waals surface area contributed by atoms with Crippen molar-refractivity contribution in [3.05, 3.63) is 263 Å². The summed E-state index contributed by atoms with van der Waals surface area (Å²) >= 11 is 0. The molecule has 0 radical (unpaired) electrons. The van der Waals surface area contributed by atoms with Crippen molar-refractivity contribution in [3.8, 4) is 23.0 Å². The van der Waals surface area contributed by atoms with Gasteiger partial charge in [-0.2, -0.15) is 0 Å². The quantitative estimate of drug-likeness (QED) is 0.0179. The lowest BCUT2D eigenvalue weighted by molar-refractivity contribution is -0.181. The largest absolute Gasteiger partial charge is 0.485 e. The second-order valence-electron chi connectivity index (χ2n) is 25.1. The van der Waals surface area contributed by atoms with E-state index in [1.165, 1.54) is 0 Å². The van der Waals surface area contributed by atoms with Crippen LogP contribution in [0.5, 0.6) is 23.0 Å². The van der Waals surface area contributed by atoms with E-state index in [2.05, 4.69) is 55.3 Å². The van der Waals surface area contributed by atoms with E-state index >= 15 is 0 Å². The average molecular weight is 1320 g/mol. The Morgan fingerprint density at radius 1 is 0.361 bits per heavy atom. The first-order valence-corrected chi connectivity index (χ1v) is 33.7. The number of esters is 1. The second kappa shape index (κ2) is 39.3. The number of nitrogens with zero attached hydrogens (tertiary/aromatic N) is 2. The molecule has 0 bridgehead atoms. The third-order valence-corrected chi connectivity index (χ3v) is 15.9. The molecule has 0 atom stereocenters. The number of ether oxygens (including phenoxy) is 5. The van der Waals surface area contributed by atoms with E-state index in [-0.39, 0.29) is 38.1 Å². The summed E-state index contributed by atoms with van der Waals surface area (Å²) in [5, 5.41) is 23.8. The fourth-order valence-corrected chi connectivity index (χ4v) is 10.9. The molecule has 97 heavy (non-hydrogen) atoms. The molecule has 0 aliphatic carbocycles. The van der Waals surface area contributed by atoms with Gasteiger partial charge in [-0.15, -0.1) is 0 Å². The molecule has 0 spiro atoms. The van der Waals surface area contributed by atoms with E-state index in [1.807, 2.05) is 170 Å². The molecular weight excluding hydrogens is 1220 g/mol. The minimum Gasteiger partial charge on any atom is -0.485 e. The Kier molecular flexibility index (Phi) is 29.6. The van der Waals surface area contributed by atoms with Crippen molar-refractivity contribution in [3.63, 3.8) is 0 Å². The SMILES string of the molecule is CC(C)(C)OC(=O)C(O)(CC(=O)NCCCCN(CCCNC(=O)c1cccc(OCc2ccccc2)c1OCc1ccccc1)Cc1ccccc1)CC(=O)NCCCCN(CCCNC(=O)c1cccc(OCc2ccccc2)c1OCc1ccccc1)Cc1ccccc1. The van der Waals surface area contributed by atoms with Gasteiger partial charge in [-0.05, 0) is 130 Å². The molecule has 0 fully saturated rings. The summed E-state index contributed by atoms with van der Waals surface area (Å²) in [5.41, 5.74) is 3.51. The molecular formula is C80H94N6O11. The zero-order chi connectivity index (χ0) is 68.3. The highest BCUT2D eigenvalue weighted by molar-refractivity contribution is 5.98. The molecule has 17 heteroatoms. The molecule has 0 aliphatic rings. The predicted molar refractivity (Wildman–Crippen MR) is 378 cm³/mol. The van der Waals surface area contributed by atoms with Gasteiger partial charge in [-0.3, -0.25) is 29.0 Å². The fourth-order valence-electron chi connectivity index (χ4n) is 10.9. The molecule has 0 saturated heterocycles. The second-order valence-corrected chi connectivity index (χ2v) is 25.1. The van der Waals surface area contributed by atoms with Crippen molar-refractivity contribution in [1.82, 2.24) is 31.1 Å². The van der Waals surface area contributed by atoms with E-state index in [0.717, 1.165) is 33.4 Å². The maximum Gasteiger partial charge on any atom is 0.339 e. The maximum atomic E-state index is 13.9. The van der Waals surface area contributed by atoms with Gasteiger partial charge in [-0.1, -0.05) is 194 Å². The molecule has 8 aromatic carbocycles. The first-order chi connectivity index (χ1) is 47.2. The number of unbranched alkanes of at least 4 members (excludes halogenated alkanes) is 2. The molecule has 0 unspecified atom stereocenters. The Morgan fingerprint density at radius 2 is 0.670 bits per heavy atom. The number of carbonyl (C=O) groups excluding carboxylic acids is 5. The molecule has 0 aromatic heterocycles. The van der Waals surface area contributed by atoms with E-state index in [9.17, 15) is 29.1 Å². The minimum absolute atomic E-state index is 0.257. The van der Waals surface area contributed by atoms with Gasteiger partial charge in [0.2, 0.25) is 11.8 Å². The van der Waals surface area contributed by atoms with Crippen molar-refractivity contribution in [2.24, 2.45) is 0 Å². The summed E-state index contributed by atoms with van der Waals surface area (Å²) in [6, 6.07) is 70.2. The highest BCUT2D eigenvalue weighted by Crippen LogP contribution is 2.35. The molecule has 0 saturated carbocycles. The summed E-state index contributed by atoms with van der Waals surface area (Å²) in [7, 11) is 0. The number of para-hydroxylation sites is 2. The Balaban J connectivity index is 0.782. The molecule has 17 nitrogen and oxygen atoms in total. The monoisotopic (exact) mass is 1310 g/mol. The molecule has 0 aliphatic heterocycles. The Bertz CT molecular complexity index is 3430. The van der Waals surface area contributed by atoms with Gasteiger partial charge < -0.3 is 50.1 Å². The molecule has 510 valence electrons. The van der Waals surface area contributed by atoms with Gasteiger partial charge in [0.1, 0.15) is 32.0 Å². The zero-order valence-corrected chi connectivity index (χ0v) is 56.3. The highest BCUT2D eigenvalue weighted by atomic mass is 16.6. The van der Waals surface area contributed by atoms with Crippen LogP contribution < -0.4 is 40.2 Å². The van der Waals surface area contributed by atoms with Crippen LogP contribution >= 0.6 is 0 Å². The van der Waals surface area contributed by atoms with Crippen LogP contribution in [0.1, 0.15) is 126 Å². The number of carbonyl (C=O) groups is 5. The molecule has 8 aromatic rings. The smallest absolute Gasteiger partial charge is 0.339 e. The summed E-state index contributed by atoms with van der Waals surface area (Å²) in [5.74, 6) is -1.08. The number of hydrogen-bond acceptors (Lipinski definition) is 13. The third kappa shape index (κ3) is 26.0. The maximum absolute atomic E-state index is 13.9. The number of nitrogens with one attached hydrogen (secondary N) is 4. The van der Waals surface area contributed by atoms with Crippen LogP contribution in [0.4, 0.5) is 0 Å². The first kappa shape index (κ1) is 73.0. The Labute approximate surface area is 571 Å². The van der Waals surface area contributed by atoms with Crippen LogP contribution in [0.3, 0.4) is 0 Å². The molecule has 8 rings (SSSR count). The van der Waals surface area contributed by atoms with E-state index in [4.69, 9.17) is 23.7 Å². The van der Waals surface area contributed by atoms with Crippen LogP contribution in [0.2, 0.25) is 0 Å². The Hall–Kier alpha value is -9.81. The van der Waals surface area contributed by atoms with Crippen LogP contribution in [0.25, 0.3) is 0 Å². The number of rotatable bonds is 41. The molecule has 4 amide bonds. The van der Waals surface area contributed by atoms with Gasteiger partial charge in [0.05, 0.1) is 24.0 Å². The lowest BCUT2D eigenvalue weighted by Gasteiger charge is -2.29. The normalized spacial score (nSPS) is 11.4. The standard InChI is InChI=1S/C80H94N6O11/c1-79(2,3)97-78(91)80(92,54-72(87)81-46-22-24-50-85(56-62-30-10-4-11-31-62)52-28-48-83-76(89)68-42-26-44-70(93-58-64-34-14-6-15-35-64)74(68)95-60-66-38-18-8-19-39-66)55-73(88)82-47-23-25-51-86(57-63-32-12-5-13-33-63)53-29-49-84-77(90)69-43-27-45-71(94-59-65-36-16-7-17-37-65)75(69)96-61-67-40-20-9-21-41-67/h4-21,26-27,30-45,92H,22-25,28-29,46-61H2,1-3H3,(H,81,87)(H,82,88)(H,83,89)(H,84,90). The first-order valence-electron chi connectivity index (χ1n) is 33.7. The topological polar surface area (TPSA) is 206 Å². The number of benzene rings is 8. The van der Waals surface area contributed by atoms with Crippen molar-refractivity contribution in [2.75, 3.05) is 52.4 Å². The van der Waals surface area contributed by atoms with E-state index < -0.39 is 41.8 Å². The predicted octanol–water partition coefficient (Wildman–Crippen LogP) is 12.6. The minimum atomic E-state index is -2.42. The molecule has 5 N–H and O–H groups in total. The van der Waals surface area contributed by atoms with E-state index in [0.29, 0.717) is 138 Å². The summed E-state index contributed by atoms with van der Waals surface area (Å²) < 4.78 is 30.7. The van der Waals surface area contributed by atoms with Gasteiger partial charge in [0.25, 0.3) is 11.8 Å². The summed E-state index contributed by atoms with van der Waals surface area (Å²) in [6.07, 6.45) is 2.62. The van der Waals surface area contributed by atoms with Crippen molar-refractivity contribution < 1.29 is 52.8 Å². The summed E-state index contributed by atoms with van der Waals surface area (Å²) in [6.45, 7) is 11.6. The van der Waals surface area contributed by atoms with Crippen molar-refractivity contribution in [2.45, 2.75) is 123 Å². The van der Waals surface area contributed by atoms with Gasteiger partial charge in [-0.25, -0.2) is 4.79 Å². The lowest BCUT2D eigenvalue weighted by Crippen LogP contribution is -2.50. The van der Waals surface area contributed by atoms with Crippen LogP contribution in [-0.4, -0.2) is 108 Å². The lowest BCUT2D eigenvalue weighted by atomic mass is 9.94. The number of aliphatic hydroxyl groups is 1. The summed E-state index contributed by atoms with van der Waals surface area (Å²) in [4.78, 5) is 73.1. The van der Waals surface area contributed by atoms with Crippen molar-refractivity contribution in [1.29, 1.82) is 0 Å². The van der Waals surface area contributed by atoms with Crippen LogP contribution in [0.15, 0.2) is 218 Å². The number of amides is 4. The zero-order valence-electron chi connectivity index (χ0n) is 56.3. The van der Waals surface area contributed by atoms with E-state index in [1.54, 1.807) is 45.0 Å². The van der Waals surface area contributed by atoms with Crippen LogP contribution in [-0.2, 0) is 58.6 Å². The highest BCUT2D eigenvalue weighted by Gasteiger charge is 2.43. The van der Waals surface area contributed by atoms with Crippen LogP contribution in [0, 0.1) is 0 Å². The third-order valence-electron chi connectivity index (χ3n) is 15.9. The fraction of sp³-hybridized carbons (Fsp3) is 0.338.